The molecule has 2 fully saturated rings. The van der Waals surface area contributed by atoms with Crippen molar-refractivity contribution in [1.29, 1.82) is 0 Å². The zero-order chi connectivity index (χ0) is 20.7. The van der Waals surface area contributed by atoms with Crippen molar-refractivity contribution < 1.29 is 14.3 Å². The Bertz CT molecular complexity index is 923. The number of hydroxylamine groups is 1. The third-order valence-electron chi connectivity index (χ3n) is 6.72. The van der Waals surface area contributed by atoms with E-state index in [-0.39, 0.29) is 18.0 Å². The Morgan fingerprint density at radius 1 is 1.27 bits per heavy atom. The minimum atomic E-state index is -0.552. The monoisotopic (exact) mass is 416 g/mol. The molecule has 0 aliphatic carbocycles. The number of fused-ring (bicyclic) bond motifs is 1. The van der Waals surface area contributed by atoms with Gasteiger partial charge in [-0.15, -0.1) is 5.48 Å². The largest absolute Gasteiger partial charge is 0.391 e. The second-order valence-corrected chi connectivity index (χ2v) is 8.74. The van der Waals surface area contributed by atoms with Gasteiger partial charge in [0, 0.05) is 36.5 Å². The van der Waals surface area contributed by atoms with Gasteiger partial charge in [-0.25, -0.2) is 9.38 Å². The molecule has 2 saturated heterocycles. The maximum Gasteiger partial charge on any atom is 0.214 e. The van der Waals surface area contributed by atoms with Gasteiger partial charge in [0.1, 0.15) is 12.0 Å². The maximum absolute atomic E-state index is 14.5. The lowest BCUT2D eigenvalue weighted by molar-refractivity contribution is 0.0322. The van der Waals surface area contributed by atoms with Crippen molar-refractivity contribution in [3.05, 3.63) is 29.7 Å². The number of rotatable bonds is 5. The van der Waals surface area contributed by atoms with E-state index in [1.54, 1.807) is 12.3 Å². The van der Waals surface area contributed by atoms with E-state index < -0.39 is 6.17 Å². The quantitative estimate of drug-likeness (QED) is 0.691. The van der Waals surface area contributed by atoms with Gasteiger partial charge in [0.25, 0.3) is 0 Å². The molecule has 1 aromatic heterocycles. The number of hydrogen-bond acceptors (Lipinski definition) is 7. The second kappa shape index (κ2) is 8.22. The summed E-state index contributed by atoms with van der Waals surface area (Å²) in [4.78, 5) is 15.0. The summed E-state index contributed by atoms with van der Waals surface area (Å²) in [5.41, 5.74) is 4.15. The third kappa shape index (κ3) is 3.82. The summed E-state index contributed by atoms with van der Waals surface area (Å²) in [6.07, 6.45) is 3.85. The molecule has 1 aromatic carbocycles. The molecule has 3 aliphatic rings. The molecule has 3 unspecified atom stereocenters. The van der Waals surface area contributed by atoms with Crippen molar-refractivity contribution in [3.63, 3.8) is 0 Å². The molecule has 9 heteroatoms. The summed E-state index contributed by atoms with van der Waals surface area (Å²) >= 11 is 0. The Morgan fingerprint density at radius 3 is 2.87 bits per heavy atom. The number of hydrogen-bond donors (Lipinski definition) is 3. The van der Waals surface area contributed by atoms with Crippen molar-refractivity contribution in [2.24, 2.45) is 16.8 Å². The van der Waals surface area contributed by atoms with Gasteiger partial charge in [0.2, 0.25) is 5.90 Å². The first-order chi connectivity index (χ1) is 14.6. The number of likely N-dealkylation sites (tertiary alicyclic amines) is 2. The van der Waals surface area contributed by atoms with Crippen LogP contribution >= 0.6 is 0 Å². The van der Waals surface area contributed by atoms with Crippen molar-refractivity contribution in [3.8, 4) is 0 Å². The number of piperidine rings is 1. The van der Waals surface area contributed by atoms with E-state index in [0.717, 1.165) is 62.9 Å². The smallest absolute Gasteiger partial charge is 0.214 e. The van der Waals surface area contributed by atoms with Crippen LogP contribution in [-0.4, -0.2) is 70.0 Å². The molecule has 0 saturated carbocycles. The van der Waals surface area contributed by atoms with Crippen LogP contribution in [0.25, 0.3) is 10.9 Å². The molecular formula is C21H29FN6O2. The minimum absolute atomic E-state index is 0.253. The van der Waals surface area contributed by atoms with Gasteiger partial charge in [-0.1, -0.05) is 0 Å². The van der Waals surface area contributed by atoms with Crippen LogP contribution in [0, 0.1) is 17.7 Å². The summed E-state index contributed by atoms with van der Waals surface area (Å²) < 4.78 is 14.5. The van der Waals surface area contributed by atoms with Crippen LogP contribution in [0.5, 0.6) is 0 Å². The predicted octanol–water partition coefficient (Wildman–Crippen LogP) is 2.01. The Kier molecular flexibility index (Phi) is 5.44. The number of aromatic nitrogens is 2. The number of nitrogens with zero attached hydrogens (tertiary/aromatic N) is 4. The Morgan fingerprint density at radius 2 is 2.10 bits per heavy atom. The highest BCUT2D eigenvalue weighted by Crippen LogP contribution is 2.32. The molecule has 0 amide bonds. The number of nitrogens with one attached hydrogen (secondary N) is 2. The third-order valence-corrected chi connectivity index (χ3v) is 6.72. The van der Waals surface area contributed by atoms with Crippen molar-refractivity contribution >= 4 is 16.8 Å². The number of aliphatic imine (C=N–C) groups is 1. The lowest BCUT2D eigenvalue weighted by atomic mass is 9.95. The van der Waals surface area contributed by atoms with Gasteiger partial charge in [0.15, 0.2) is 6.17 Å². The molecule has 3 N–H and O–H groups in total. The highest BCUT2D eigenvalue weighted by atomic mass is 19.1. The van der Waals surface area contributed by atoms with Crippen LogP contribution in [0.4, 0.5) is 4.39 Å². The fraction of sp³-hybridized carbons (Fsp3) is 0.619. The maximum atomic E-state index is 14.5. The van der Waals surface area contributed by atoms with E-state index in [9.17, 15) is 9.50 Å². The number of H-pyrrole nitrogens is 1. The lowest BCUT2D eigenvalue weighted by Crippen LogP contribution is -2.40. The summed E-state index contributed by atoms with van der Waals surface area (Å²) in [5, 5.41) is 17.4. The summed E-state index contributed by atoms with van der Waals surface area (Å²) in [6, 6.07) is 3.12. The fourth-order valence-corrected chi connectivity index (χ4v) is 4.98. The number of aliphatic hydroxyl groups is 1. The Hall–Kier alpha value is -2.07. The van der Waals surface area contributed by atoms with Gasteiger partial charge in [-0.3, -0.25) is 10.00 Å². The van der Waals surface area contributed by atoms with Gasteiger partial charge in [-0.2, -0.15) is 5.10 Å². The van der Waals surface area contributed by atoms with E-state index in [1.807, 2.05) is 6.92 Å². The van der Waals surface area contributed by atoms with E-state index in [2.05, 4.69) is 30.5 Å². The molecule has 2 aromatic rings. The first-order valence-corrected chi connectivity index (χ1v) is 10.8. The predicted molar refractivity (Wildman–Crippen MR) is 111 cm³/mol. The molecule has 3 atom stereocenters. The highest BCUT2D eigenvalue weighted by molar-refractivity contribution is 5.84. The second-order valence-electron chi connectivity index (χ2n) is 8.74. The summed E-state index contributed by atoms with van der Waals surface area (Å²) in [6.45, 7) is 6.90. The highest BCUT2D eigenvalue weighted by Gasteiger charge is 2.33. The average molecular weight is 417 g/mol. The van der Waals surface area contributed by atoms with Crippen LogP contribution in [-0.2, 0) is 4.84 Å². The SMILES string of the molecule is CC(O)N1CCC(CN2CCC(C3=NC(c4c(F)ccc5[nH]ncc45)NO3)CC2)C1. The zero-order valence-corrected chi connectivity index (χ0v) is 17.2. The standard InChI is InChI=1S/C21H29FN6O2/c1-13(29)28-9-4-14(12-28)11-27-7-5-15(6-8-27)21-24-20(26-30-21)19-16-10-23-25-18(16)3-2-17(19)22/h2-3,10,13-15,20,26,29H,4-9,11-12H2,1H3,(H,23,25). The Labute approximate surface area is 175 Å². The number of aromatic amines is 1. The van der Waals surface area contributed by atoms with Crippen LogP contribution < -0.4 is 5.48 Å². The van der Waals surface area contributed by atoms with Crippen LogP contribution in [0.15, 0.2) is 23.3 Å². The first kappa shape index (κ1) is 19.9. The van der Waals surface area contributed by atoms with Crippen molar-refractivity contribution in [1.82, 2.24) is 25.5 Å². The van der Waals surface area contributed by atoms with Crippen molar-refractivity contribution in [2.75, 3.05) is 32.7 Å². The lowest BCUT2D eigenvalue weighted by Gasteiger charge is -2.33. The van der Waals surface area contributed by atoms with Gasteiger partial charge >= 0.3 is 0 Å². The van der Waals surface area contributed by atoms with Gasteiger partial charge in [-0.05, 0) is 57.3 Å². The minimum Gasteiger partial charge on any atom is -0.391 e. The van der Waals surface area contributed by atoms with Gasteiger partial charge in [0.05, 0.1) is 11.7 Å². The average Bonchev–Trinajstić information content (AvgIpc) is 3.49. The molecule has 5 rings (SSSR count). The zero-order valence-electron chi connectivity index (χ0n) is 17.2. The number of aliphatic hydroxyl groups excluding tert-OH is 1. The topological polar surface area (TPSA) is 89.0 Å². The van der Waals surface area contributed by atoms with E-state index in [1.165, 1.54) is 6.07 Å². The number of benzene rings is 1. The van der Waals surface area contributed by atoms with Crippen LogP contribution in [0.2, 0.25) is 0 Å². The Balaban J connectivity index is 1.19. The molecule has 0 bridgehead atoms. The molecule has 3 aliphatic heterocycles. The molecule has 30 heavy (non-hydrogen) atoms. The van der Waals surface area contributed by atoms with E-state index in [4.69, 9.17) is 4.84 Å². The van der Waals surface area contributed by atoms with Crippen molar-refractivity contribution in [2.45, 2.75) is 38.6 Å². The molecule has 4 heterocycles. The molecule has 8 nitrogen and oxygen atoms in total. The molecular weight excluding hydrogens is 387 g/mol. The normalized spacial score (nSPS) is 27.5. The van der Waals surface area contributed by atoms with Gasteiger partial charge < -0.3 is 14.8 Å². The first-order valence-electron chi connectivity index (χ1n) is 10.8. The fourth-order valence-electron chi connectivity index (χ4n) is 4.98. The number of halogens is 1. The van der Waals surface area contributed by atoms with Crippen LogP contribution in [0.3, 0.4) is 0 Å². The van der Waals surface area contributed by atoms with E-state index >= 15 is 0 Å². The summed E-state index contributed by atoms with van der Waals surface area (Å²) in [5.74, 6) is 1.25. The molecule has 0 spiro atoms. The molecule has 162 valence electrons. The van der Waals surface area contributed by atoms with Crippen LogP contribution in [0.1, 0.15) is 37.9 Å². The molecule has 0 radical (unpaired) electrons. The van der Waals surface area contributed by atoms with E-state index in [0.29, 0.717) is 17.4 Å². The summed E-state index contributed by atoms with van der Waals surface area (Å²) in [7, 11) is 0.